The summed E-state index contributed by atoms with van der Waals surface area (Å²) in [6.07, 6.45) is 4.98. The van der Waals surface area contributed by atoms with Crippen molar-refractivity contribution in [2.24, 2.45) is 5.41 Å². The first-order chi connectivity index (χ1) is 14.8. The van der Waals surface area contributed by atoms with Crippen LogP contribution in [0.4, 0.5) is 0 Å². The molecular weight excluding hydrogens is 440 g/mol. The van der Waals surface area contributed by atoms with Crippen LogP contribution in [0.25, 0.3) is 0 Å². The molecule has 2 amide bonds. The van der Waals surface area contributed by atoms with Crippen LogP contribution in [0.1, 0.15) is 6.92 Å². The van der Waals surface area contributed by atoms with Crippen molar-refractivity contribution in [3.8, 4) is 0 Å². The van der Waals surface area contributed by atoms with Gasteiger partial charge in [-0.1, -0.05) is 12.1 Å². The first kappa shape index (κ1) is 21.6. The number of aromatic nitrogens is 2. The van der Waals surface area contributed by atoms with Gasteiger partial charge in [-0.2, -0.15) is 0 Å². The van der Waals surface area contributed by atoms with Gasteiger partial charge in [-0.15, -0.1) is 16.1 Å². The third kappa shape index (κ3) is 3.88. The highest BCUT2D eigenvalue weighted by Crippen LogP contribution is 2.44. The molecule has 2 aliphatic rings. The molecule has 0 aromatic carbocycles. The Morgan fingerprint density at radius 1 is 1.32 bits per heavy atom. The van der Waals surface area contributed by atoms with Gasteiger partial charge in [0, 0.05) is 43.6 Å². The fourth-order valence-electron chi connectivity index (χ4n) is 3.83. The number of carboxylic acids is 1. The maximum Gasteiger partial charge on any atom is 0.271 e. The maximum atomic E-state index is 13.0. The van der Waals surface area contributed by atoms with E-state index >= 15 is 0 Å². The minimum absolute atomic E-state index is 0.0355. The van der Waals surface area contributed by atoms with Gasteiger partial charge < -0.3 is 19.4 Å². The second-order valence-electron chi connectivity index (χ2n) is 7.49. The molecule has 11 heteroatoms. The summed E-state index contributed by atoms with van der Waals surface area (Å²) >= 11 is -0.686. The summed E-state index contributed by atoms with van der Waals surface area (Å²) in [6.45, 7) is 1.37. The fraction of sp³-hybridized carbons (Fsp3) is 0.350. The normalized spacial score (nSPS) is 25.9. The molecule has 3 unspecified atom stereocenters. The summed E-state index contributed by atoms with van der Waals surface area (Å²) in [4.78, 5) is 42.8. The van der Waals surface area contributed by atoms with Crippen LogP contribution in [-0.4, -0.2) is 60.2 Å². The van der Waals surface area contributed by atoms with E-state index in [0.29, 0.717) is 0 Å². The summed E-state index contributed by atoms with van der Waals surface area (Å²) in [5.74, 6) is -1.98. The molecule has 0 bridgehead atoms. The van der Waals surface area contributed by atoms with Crippen LogP contribution in [0.5, 0.6) is 0 Å². The van der Waals surface area contributed by atoms with Crippen LogP contribution < -0.4 is 9.67 Å². The van der Waals surface area contributed by atoms with Gasteiger partial charge in [0.25, 0.3) is 16.8 Å². The van der Waals surface area contributed by atoms with Crippen molar-refractivity contribution in [1.82, 2.24) is 14.2 Å². The zero-order valence-electron chi connectivity index (χ0n) is 16.6. The summed E-state index contributed by atoms with van der Waals surface area (Å²) in [6, 6.07) is 9.33. The van der Waals surface area contributed by atoms with E-state index < -0.39 is 46.0 Å². The number of rotatable bonds is 6. The van der Waals surface area contributed by atoms with Crippen molar-refractivity contribution < 1.29 is 28.6 Å². The molecule has 4 heterocycles. The number of amides is 2. The van der Waals surface area contributed by atoms with Crippen molar-refractivity contribution in [2.45, 2.75) is 29.9 Å². The molecule has 0 saturated carbocycles. The van der Waals surface area contributed by atoms with E-state index in [0.717, 1.165) is 4.31 Å². The molecule has 2 fully saturated rings. The lowest BCUT2D eigenvalue weighted by molar-refractivity contribution is -0.707. The van der Waals surface area contributed by atoms with Gasteiger partial charge in [0.1, 0.15) is 16.7 Å². The number of carbonyl (C=O) groups is 3. The van der Waals surface area contributed by atoms with Crippen LogP contribution in [0.2, 0.25) is 0 Å². The van der Waals surface area contributed by atoms with E-state index in [-0.39, 0.29) is 23.9 Å². The molecule has 2 aromatic heterocycles. The number of pyridine rings is 2. The monoisotopic (exact) mass is 460 g/mol. The minimum Gasteiger partial charge on any atom is -0.586 e. The van der Waals surface area contributed by atoms with E-state index in [9.17, 15) is 24.0 Å². The van der Waals surface area contributed by atoms with Gasteiger partial charge in [0.05, 0.1) is 11.4 Å². The standard InChI is InChI=1S/C20H20N4O5S2/c1-14(25)24(31(29)15-7-3-4-8-21-15)16-17(26)23-12-20(19(27)28,13-30-18(16)23)11-22-9-5-2-6-10-22/h2-10,16,18H,11-13H2,1H3/t16?,18-,20?,31?/m1/s1. The molecule has 0 N–H and O–H groups in total. The highest BCUT2D eigenvalue weighted by Gasteiger charge is 2.61. The van der Waals surface area contributed by atoms with Crippen LogP contribution >= 0.6 is 11.8 Å². The van der Waals surface area contributed by atoms with Gasteiger partial charge in [0.15, 0.2) is 25.0 Å². The Balaban J connectivity index is 1.55. The SMILES string of the molecule is CC(=O)N(C1C(=O)N2CC(C[n+]3ccccc3)(C(=O)[O-])CS[C@H]12)[S+]([O-])c1ccccn1. The molecule has 31 heavy (non-hydrogen) atoms. The van der Waals surface area contributed by atoms with Crippen molar-refractivity contribution >= 4 is 40.9 Å². The smallest absolute Gasteiger partial charge is 0.271 e. The average Bonchev–Trinajstić information content (AvgIpc) is 2.78. The molecule has 2 saturated heterocycles. The number of nitrogens with zero attached hydrogens (tertiary/aromatic N) is 4. The topological polar surface area (TPSA) is 121 Å². The van der Waals surface area contributed by atoms with Gasteiger partial charge in [0.2, 0.25) is 0 Å². The van der Waals surface area contributed by atoms with Crippen molar-refractivity contribution in [3.05, 3.63) is 55.0 Å². The highest BCUT2D eigenvalue weighted by atomic mass is 32.2. The van der Waals surface area contributed by atoms with Crippen LogP contribution in [0.15, 0.2) is 60.0 Å². The van der Waals surface area contributed by atoms with Gasteiger partial charge in [-0.25, -0.2) is 9.55 Å². The maximum absolute atomic E-state index is 13.0. The molecule has 0 spiro atoms. The summed E-state index contributed by atoms with van der Waals surface area (Å²) in [5.41, 5.74) is -1.27. The van der Waals surface area contributed by atoms with Crippen LogP contribution in [0, 0.1) is 5.41 Å². The minimum atomic E-state index is -1.95. The molecule has 0 radical (unpaired) electrons. The Morgan fingerprint density at radius 2 is 2.06 bits per heavy atom. The van der Waals surface area contributed by atoms with E-state index in [1.54, 1.807) is 41.2 Å². The molecular formula is C20H20N4O5S2. The number of fused-ring (bicyclic) bond motifs is 1. The Morgan fingerprint density at radius 3 is 2.68 bits per heavy atom. The Hall–Kier alpha value is -2.63. The highest BCUT2D eigenvalue weighted by molar-refractivity contribution is 8.00. The number of aliphatic carboxylic acids is 1. The third-order valence-corrected chi connectivity index (χ3v) is 8.38. The first-order valence-corrected chi connectivity index (χ1v) is 11.7. The number of thioether (sulfide) groups is 1. The fourth-order valence-corrected chi connectivity index (χ4v) is 6.67. The predicted molar refractivity (Wildman–Crippen MR) is 109 cm³/mol. The quantitative estimate of drug-likeness (QED) is 0.307. The van der Waals surface area contributed by atoms with Crippen LogP contribution in [-0.2, 0) is 32.3 Å². The Bertz CT molecular complexity index is 996. The molecule has 0 aliphatic carbocycles. The third-order valence-electron chi connectivity index (χ3n) is 5.37. The van der Waals surface area contributed by atoms with Gasteiger partial charge >= 0.3 is 0 Å². The summed E-state index contributed by atoms with van der Waals surface area (Å²) in [7, 11) is 0. The van der Waals surface area contributed by atoms with Gasteiger partial charge in [-0.05, 0) is 6.07 Å². The lowest BCUT2D eigenvalue weighted by Crippen LogP contribution is -2.76. The van der Waals surface area contributed by atoms with Crippen molar-refractivity contribution in [3.63, 3.8) is 0 Å². The zero-order chi connectivity index (χ0) is 22.2. The van der Waals surface area contributed by atoms with Crippen molar-refractivity contribution in [2.75, 3.05) is 12.3 Å². The Kier molecular flexibility index (Phi) is 5.91. The number of carboxylic acid groups (broad SMARTS) is 1. The number of β-lactam (4-membered cyclic amide) rings is 1. The second-order valence-corrected chi connectivity index (χ2v) is 9.91. The number of carbonyl (C=O) groups excluding carboxylic acids is 3. The molecule has 2 aromatic rings. The largest absolute Gasteiger partial charge is 0.586 e. The summed E-state index contributed by atoms with van der Waals surface area (Å²) in [5, 5.41) is 11.8. The van der Waals surface area contributed by atoms with E-state index in [1.807, 2.05) is 6.07 Å². The molecule has 4 rings (SSSR count). The molecule has 162 valence electrons. The molecule has 2 aliphatic heterocycles. The lowest BCUT2D eigenvalue weighted by atomic mass is 9.87. The Labute approximate surface area is 186 Å². The van der Waals surface area contributed by atoms with Crippen molar-refractivity contribution in [1.29, 1.82) is 0 Å². The second kappa shape index (κ2) is 8.48. The van der Waals surface area contributed by atoms with E-state index in [2.05, 4.69) is 4.98 Å². The predicted octanol–water partition coefficient (Wildman–Crippen LogP) is -1.04. The number of hydrogen-bond donors (Lipinski definition) is 0. The van der Waals surface area contributed by atoms with E-state index in [1.165, 1.54) is 35.8 Å². The molecule has 9 nitrogen and oxygen atoms in total. The molecule has 4 atom stereocenters. The number of hydrogen-bond acceptors (Lipinski definition) is 7. The zero-order valence-corrected chi connectivity index (χ0v) is 18.3. The summed E-state index contributed by atoms with van der Waals surface area (Å²) < 4.78 is 15.8. The van der Waals surface area contributed by atoms with Crippen LogP contribution in [0.3, 0.4) is 0 Å². The van der Waals surface area contributed by atoms with E-state index in [4.69, 9.17) is 0 Å². The van der Waals surface area contributed by atoms with Gasteiger partial charge in [-0.3, -0.25) is 9.59 Å². The lowest BCUT2D eigenvalue weighted by Gasteiger charge is -2.55. The first-order valence-electron chi connectivity index (χ1n) is 9.54. The average molecular weight is 461 g/mol.